The van der Waals surface area contributed by atoms with Gasteiger partial charge in [0, 0.05) is 11.8 Å². The molecule has 2 aliphatic carbocycles. The molecule has 2 saturated carbocycles. The average molecular weight is 138 g/mol. The monoisotopic (exact) mass is 138 g/mol. The van der Waals surface area contributed by atoms with Gasteiger partial charge < -0.3 is 0 Å². The summed E-state index contributed by atoms with van der Waals surface area (Å²) in [5.74, 6) is 1.21. The number of fused-ring (bicyclic) bond motifs is 1. The molecule has 0 aromatic heterocycles. The van der Waals surface area contributed by atoms with E-state index in [0.29, 0.717) is 5.92 Å². The lowest BCUT2D eigenvalue weighted by Gasteiger charge is -2.13. The number of rotatable bonds is 0. The van der Waals surface area contributed by atoms with Gasteiger partial charge in [0.15, 0.2) is 0 Å². The van der Waals surface area contributed by atoms with E-state index in [1.165, 1.54) is 0 Å². The van der Waals surface area contributed by atoms with Crippen molar-refractivity contribution in [2.75, 3.05) is 0 Å². The zero-order valence-electron chi connectivity index (χ0n) is 5.96. The quantitative estimate of drug-likeness (QED) is 0.464. The van der Waals surface area contributed by atoms with Gasteiger partial charge in [0.05, 0.1) is 6.42 Å². The van der Waals surface area contributed by atoms with E-state index >= 15 is 0 Å². The van der Waals surface area contributed by atoms with Crippen LogP contribution in [0.15, 0.2) is 0 Å². The summed E-state index contributed by atoms with van der Waals surface area (Å²) < 4.78 is 0. The minimum Gasteiger partial charge on any atom is -0.299 e. The number of ketones is 2. The summed E-state index contributed by atoms with van der Waals surface area (Å²) in [6.07, 6.45) is 1.19. The highest BCUT2D eigenvalue weighted by atomic mass is 16.2. The summed E-state index contributed by atoms with van der Waals surface area (Å²) in [6, 6.07) is 0. The fourth-order valence-corrected chi connectivity index (χ4v) is 1.84. The molecule has 2 heteroatoms. The summed E-state index contributed by atoms with van der Waals surface area (Å²) >= 11 is 0. The van der Waals surface area contributed by atoms with Crippen molar-refractivity contribution in [3.63, 3.8) is 0 Å². The van der Waals surface area contributed by atoms with Crippen LogP contribution in [0, 0.1) is 17.8 Å². The van der Waals surface area contributed by atoms with Crippen molar-refractivity contribution >= 4 is 11.6 Å². The number of carbonyl (C=O) groups is 2. The van der Waals surface area contributed by atoms with Crippen LogP contribution in [0.25, 0.3) is 0 Å². The molecule has 2 rings (SSSR count). The Morgan fingerprint density at radius 3 is 2.70 bits per heavy atom. The normalized spacial score (nSPS) is 45.1. The van der Waals surface area contributed by atoms with Crippen molar-refractivity contribution < 1.29 is 9.59 Å². The molecule has 0 aromatic rings. The third-order valence-corrected chi connectivity index (χ3v) is 2.75. The Labute approximate surface area is 59.6 Å². The Kier molecular flexibility index (Phi) is 1.02. The van der Waals surface area contributed by atoms with E-state index in [4.69, 9.17) is 0 Å². The molecule has 0 radical (unpaired) electrons. The van der Waals surface area contributed by atoms with Crippen LogP contribution in [0.1, 0.15) is 19.8 Å². The highest BCUT2D eigenvalue weighted by Gasteiger charge is 2.51. The number of hydrogen-bond donors (Lipinski definition) is 0. The first-order valence-corrected chi connectivity index (χ1v) is 3.75. The molecular formula is C8H10O2. The number of hydrogen-bond acceptors (Lipinski definition) is 2. The standard InChI is InChI=1S/C8H10O2/c1-4-5-2-6(5)8(10)3-7(4)9/h4-6H,2-3H2,1H3. The fourth-order valence-electron chi connectivity index (χ4n) is 1.84. The maximum absolute atomic E-state index is 11.0. The summed E-state index contributed by atoms with van der Waals surface area (Å²) in [4.78, 5) is 22.0. The molecule has 2 fully saturated rings. The SMILES string of the molecule is CC1C(=O)CC(=O)C2CC12. The molecule has 2 aliphatic rings. The van der Waals surface area contributed by atoms with Gasteiger partial charge in [-0.3, -0.25) is 9.59 Å². The van der Waals surface area contributed by atoms with Crippen molar-refractivity contribution in [1.82, 2.24) is 0 Å². The van der Waals surface area contributed by atoms with Crippen LogP contribution in [0.4, 0.5) is 0 Å². The van der Waals surface area contributed by atoms with E-state index in [1.807, 2.05) is 6.92 Å². The Bertz CT molecular complexity index is 207. The van der Waals surface area contributed by atoms with Crippen molar-refractivity contribution in [2.45, 2.75) is 19.8 Å². The van der Waals surface area contributed by atoms with Crippen LogP contribution in [0.3, 0.4) is 0 Å². The van der Waals surface area contributed by atoms with E-state index in [9.17, 15) is 9.59 Å². The molecule has 0 aliphatic heterocycles. The minimum absolute atomic E-state index is 0.156. The van der Waals surface area contributed by atoms with Gasteiger partial charge in [-0.2, -0.15) is 0 Å². The van der Waals surface area contributed by atoms with Crippen molar-refractivity contribution in [2.24, 2.45) is 17.8 Å². The lowest BCUT2D eigenvalue weighted by Crippen LogP contribution is -2.25. The van der Waals surface area contributed by atoms with E-state index in [1.54, 1.807) is 0 Å². The van der Waals surface area contributed by atoms with E-state index in [-0.39, 0.29) is 29.8 Å². The predicted octanol–water partition coefficient (Wildman–Crippen LogP) is 0.800. The molecule has 0 aromatic carbocycles. The van der Waals surface area contributed by atoms with Crippen LogP contribution >= 0.6 is 0 Å². The summed E-state index contributed by atoms with van der Waals surface area (Å²) in [6.45, 7) is 1.94. The second-order valence-corrected chi connectivity index (χ2v) is 3.40. The third-order valence-electron chi connectivity index (χ3n) is 2.75. The predicted molar refractivity (Wildman–Crippen MR) is 35.4 cm³/mol. The maximum atomic E-state index is 11.0. The Morgan fingerprint density at radius 2 is 2.00 bits per heavy atom. The molecule has 0 bridgehead atoms. The number of Topliss-reactive ketones (excluding diaryl/α,β-unsaturated/α-hetero) is 2. The summed E-state index contributed by atoms with van der Waals surface area (Å²) in [7, 11) is 0. The van der Waals surface area contributed by atoms with E-state index in [0.717, 1.165) is 6.42 Å². The average Bonchev–Trinajstić information content (AvgIpc) is 2.61. The van der Waals surface area contributed by atoms with Crippen LogP contribution in [0.5, 0.6) is 0 Å². The number of carbonyl (C=O) groups excluding carboxylic acids is 2. The Hall–Kier alpha value is -0.660. The Balaban J connectivity index is 2.20. The van der Waals surface area contributed by atoms with Gasteiger partial charge in [-0.15, -0.1) is 0 Å². The van der Waals surface area contributed by atoms with Gasteiger partial charge in [-0.05, 0) is 12.3 Å². The third kappa shape index (κ3) is 0.648. The molecule has 0 amide bonds. The molecule has 0 saturated heterocycles. The zero-order valence-corrected chi connectivity index (χ0v) is 5.96. The smallest absolute Gasteiger partial charge is 0.143 e. The minimum atomic E-state index is 0.156. The van der Waals surface area contributed by atoms with E-state index in [2.05, 4.69) is 0 Å². The van der Waals surface area contributed by atoms with Gasteiger partial charge in [0.1, 0.15) is 11.6 Å². The first-order valence-electron chi connectivity index (χ1n) is 3.75. The topological polar surface area (TPSA) is 34.1 Å². The summed E-state index contributed by atoms with van der Waals surface area (Å²) in [5, 5.41) is 0. The van der Waals surface area contributed by atoms with Gasteiger partial charge >= 0.3 is 0 Å². The van der Waals surface area contributed by atoms with Gasteiger partial charge in [-0.25, -0.2) is 0 Å². The molecule has 0 spiro atoms. The molecule has 0 N–H and O–H groups in total. The van der Waals surface area contributed by atoms with Crippen LogP contribution in [-0.4, -0.2) is 11.6 Å². The largest absolute Gasteiger partial charge is 0.299 e. The zero-order chi connectivity index (χ0) is 7.30. The fraction of sp³-hybridized carbons (Fsp3) is 0.750. The summed E-state index contributed by atoms with van der Waals surface area (Å²) in [5.41, 5.74) is 0. The second kappa shape index (κ2) is 1.68. The Morgan fingerprint density at radius 1 is 1.30 bits per heavy atom. The van der Waals surface area contributed by atoms with Crippen molar-refractivity contribution in [3.05, 3.63) is 0 Å². The molecule has 2 nitrogen and oxygen atoms in total. The first kappa shape index (κ1) is 6.08. The van der Waals surface area contributed by atoms with Crippen LogP contribution < -0.4 is 0 Å². The molecule has 3 atom stereocenters. The van der Waals surface area contributed by atoms with Crippen molar-refractivity contribution in [1.29, 1.82) is 0 Å². The highest BCUT2D eigenvalue weighted by Crippen LogP contribution is 2.49. The maximum Gasteiger partial charge on any atom is 0.143 e. The van der Waals surface area contributed by atoms with Crippen LogP contribution in [0.2, 0.25) is 0 Å². The first-order chi connectivity index (χ1) is 4.70. The van der Waals surface area contributed by atoms with Crippen molar-refractivity contribution in [3.8, 4) is 0 Å². The van der Waals surface area contributed by atoms with Gasteiger partial charge in [0.25, 0.3) is 0 Å². The lowest BCUT2D eigenvalue weighted by molar-refractivity contribution is -0.132. The second-order valence-electron chi connectivity index (χ2n) is 3.40. The highest BCUT2D eigenvalue weighted by molar-refractivity contribution is 6.05. The lowest BCUT2D eigenvalue weighted by atomic mass is 9.89. The van der Waals surface area contributed by atoms with E-state index < -0.39 is 0 Å². The van der Waals surface area contributed by atoms with Crippen LogP contribution in [-0.2, 0) is 9.59 Å². The van der Waals surface area contributed by atoms with Gasteiger partial charge in [-0.1, -0.05) is 6.92 Å². The molecular weight excluding hydrogens is 128 g/mol. The molecule has 0 heterocycles. The van der Waals surface area contributed by atoms with Gasteiger partial charge in [0.2, 0.25) is 0 Å². The molecule has 54 valence electrons. The molecule has 10 heavy (non-hydrogen) atoms. The molecule has 3 unspecified atom stereocenters.